The molecule has 8 heteroatoms. The number of unbranched alkanes of at least 4 members (excludes halogenated alkanes) is 17. The Labute approximate surface area is 319 Å². The summed E-state index contributed by atoms with van der Waals surface area (Å²) in [6.07, 6.45) is 39.2. The van der Waals surface area contributed by atoms with Crippen LogP contribution in [0.5, 0.6) is 0 Å². The van der Waals surface area contributed by atoms with Crippen LogP contribution in [0.3, 0.4) is 0 Å². The fraction of sp³-hybridized carbons (Fsp3) is 0.795. The van der Waals surface area contributed by atoms with E-state index in [4.69, 9.17) is 14.2 Å². The number of aliphatic carboxylic acids is 1. The number of carboxylic acid groups (broad SMARTS) is 1. The van der Waals surface area contributed by atoms with Crippen molar-refractivity contribution in [1.29, 1.82) is 0 Å². The molecule has 0 aliphatic rings. The van der Waals surface area contributed by atoms with Gasteiger partial charge in [-0.1, -0.05) is 153 Å². The molecule has 0 saturated heterocycles. The lowest BCUT2D eigenvalue weighted by atomic mass is 10.0. The molecule has 0 fully saturated rings. The SMILES string of the molecule is CC/C=C/C/C=C/C/C=C/CCCC(=O)OC(COCCC(C(=O)O)[N+](C)(C)C)COC(=O)CCCCCCCCCCCCCCCCCCC. The minimum Gasteiger partial charge on any atom is -0.477 e. The zero-order chi connectivity index (χ0) is 38.5. The number of esters is 2. The molecule has 0 heterocycles. The first kappa shape index (κ1) is 49.6. The second-order valence-electron chi connectivity index (χ2n) is 15.2. The molecule has 0 radical (unpaired) electrons. The van der Waals surface area contributed by atoms with E-state index in [2.05, 4.69) is 50.3 Å². The van der Waals surface area contributed by atoms with Crippen LogP contribution in [-0.4, -0.2) is 80.6 Å². The van der Waals surface area contributed by atoms with Gasteiger partial charge in [-0.15, -0.1) is 0 Å². The van der Waals surface area contributed by atoms with Crippen molar-refractivity contribution < 1.29 is 38.2 Å². The van der Waals surface area contributed by atoms with Crippen LogP contribution in [0.4, 0.5) is 0 Å². The third-order valence-corrected chi connectivity index (χ3v) is 9.30. The van der Waals surface area contributed by atoms with Crippen LogP contribution in [0, 0.1) is 0 Å². The highest BCUT2D eigenvalue weighted by Gasteiger charge is 2.31. The van der Waals surface area contributed by atoms with Crippen LogP contribution in [0.1, 0.15) is 174 Å². The van der Waals surface area contributed by atoms with Crippen molar-refractivity contribution in [2.24, 2.45) is 0 Å². The van der Waals surface area contributed by atoms with E-state index in [0.29, 0.717) is 19.3 Å². The molecule has 1 N–H and O–H groups in total. The first-order chi connectivity index (χ1) is 25.1. The molecular weight excluding hydrogens is 654 g/mol. The number of hydrogen-bond donors (Lipinski definition) is 1. The Kier molecular flexibility index (Phi) is 33.9. The smallest absolute Gasteiger partial charge is 0.362 e. The van der Waals surface area contributed by atoms with Gasteiger partial charge in [0.05, 0.1) is 34.4 Å². The molecule has 0 spiro atoms. The number of quaternary nitrogens is 1. The maximum absolute atomic E-state index is 12.6. The summed E-state index contributed by atoms with van der Waals surface area (Å²) in [5.41, 5.74) is 0. The van der Waals surface area contributed by atoms with Gasteiger partial charge in [-0.25, -0.2) is 4.79 Å². The highest BCUT2D eigenvalue weighted by Crippen LogP contribution is 2.15. The summed E-state index contributed by atoms with van der Waals surface area (Å²) in [4.78, 5) is 36.8. The predicted octanol–water partition coefficient (Wildman–Crippen LogP) is 11.1. The molecular formula is C44H80NO7+. The monoisotopic (exact) mass is 735 g/mol. The number of carbonyl (C=O) groups is 3. The average molecular weight is 735 g/mol. The zero-order valence-corrected chi connectivity index (χ0v) is 34.3. The lowest BCUT2D eigenvalue weighted by molar-refractivity contribution is -0.887. The Morgan fingerprint density at radius 1 is 0.596 bits per heavy atom. The molecule has 0 aliphatic carbocycles. The first-order valence-corrected chi connectivity index (χ1v) is 21.0. The van der Waals surface area contributed by atoms with Crippen molar-refractivity contribution in [3.05, 3.63) is 36.5 Å². The Morgan fingerprint density at radius 3 is 1.58 bits per heavy atom. The van der Waals surface area contributed by atoms with E-state index in [0.717, 1.165) is 44.9 Å². The van der Waals surface area contributed by atoms with Crippen molar-refractivity contribution in [3.8, 4) is 0 Å². The van der Waals surface area contributed by atoms with E-state index in [1.165, 1.54) is 89.9 Å². The van der Waals surface area contributed by atoms with E-state index in [1.807, 2.05) is 21.1 Å². The second kappa shape index (κ2) is 35.6. The molecule has 52 heavy (non-hydrogen) atoms. The molecule has 2 atom stereocenters. The van der Waals surface area contributed by atoms with Crippen LogP contribution < -0.4 is 0 Å². The standard InChI is InChI=1S/C44H79NO7/c1-6-8-10-12-14-16-18-19-20-21-22-23-25-26-28-30-32-34-42(46)51-39-40(38-50-37-36-41(44(48)49)45(3,4)5)52-43(47)35-33-31-29-27-24-17-15-13-11-9-7-2/h9,11,15,17,27,29,40-41H,6-8,10,12-14,16,18-26,28,30-39H2,1-5H3/p+1/b11-9+,17-15+,29-27+. The van der Waals surface area contributed by atoms with Gasteiger partial charge in [-0.3, -0.25) is 9.59 Å². The van der Waals surface area contributed by atoms with Gasteiger partial charge in [-0.05, 0) is 38.5 Å². The zero-order valence-electron chi connectivity index (χ0n) is 34.3. The fourth-order valence-electron chi connectivity index (χ4n) is 6.06. The summed E-state index contributed by atoms with van der Waals surface area (Å²) in [7, 11) is 5.50. The summed E-state index contributed by atoms with van der Waals surface area (Å²) in [5, 5.41) is 9.59. The maximum atomic E-state index is 12.6. The van der Waals surface area contributed by atoms with E-state index >= 15 is 0 Å². The highest BCUT2D eigenvalue weighted by atomic mass is 16.6. The summed E-state index contributed by atoms with van der Waals surface area (Å²) < 4.78 is 17.2. The number of carboxylic acids is 1. The summed E-state index contributed by atoms with van der Waals surface area (Å²) >= 11 is 0. The van der Waals surface area contributed by atoms with Crippen LogP contribution in [-0.2, 0) is 28.6 Å². The minimum atomic E-state index is -0.883. The molecule has 0 saturated carbocycles. The third-order valence-electron chi connectivity index (χ3n) is 9.30. The largest absolute Gasteiger partial charge is 0.477 e. The molecule has 0 amide bonds. The summed E-state index contributed by atoms with van der Waals surface area (Å²) in [5.74, 6) is -1.53. The number of carbonyl (C=O) groups excluding carboxylic acids is 2. The quantitative estimate of drug-likeness (QED) is 0.0293. The van der Waals surface area contributed by atoms with Crippen LogP contribution >= 0.6 is 0 Å². The van der Waals surface area contributed by atoms with Crippen molar-refractivity contribution in [2.45, 2.75) is 187 Å². The number of ether oxygens (including phenoxy) is 3. The molecule has 302 valence electrons. The van der Waals surface area contributed by atoms with Crippen molar-refractivity contribution >= 4 is 17.9 Å². The van der Waals surface area contributed by atoms with Gasteiger partial charge in [0.15, 0.2) is 12.1 Å². The molecule has 0 aromatic rings. The van der Waals surface area contributed by atoms with Gasteiger partial charge in [0, 0.05) is 19.3 Å². The molecule has 0 rings (SSSR count). The third kappa shape index (κ3) is 33.4. The van der Waals surface area contributed by atoms with Crippen LogP contribution in [0.15, 0.2) is 36.5 Å². The van der Waals surface area contributed by atoms with Crippen molar-refractivity contribution in [2.75, 3.05) is 41.0 Å². The normalized spacial score (nSPS) is 13.3. The molecule has 0 aliphatic heterocycles. The molecule has 8 nitrogen and oxygen atoms in total. The Bertz CT molecular complexity index is 953. The summed E-state index contributed by atoms with van der Waals surface area (Å²) in [6.45, 7) is 4.56. The topological polar surface area (TPSA) is 99.1 Å². The Morgan fingerprint density at radius 2 is 1.08 bits per heavy atom. The van der Waals surface area contributed by atoms with E-state index in [1.54, 1.807) is 0 Å². The minimum absolute atomic E-state index is 0.0430. The number of hydrogen-bond acceptors (Lipinski definition) is 6. The molecule has 0 aromatic heterocycles. The Hall–Kier alpha value is -2.45. The highest BCUT2D eigenvalue weighted by molar-refractivity contribution is 5.72. The van der Waals surface area contributed by atoms with E-state index in [9.17, 15) is 19.5 Å². The predicted molar refractivity (Wildman–Crippen MR) is 215 cm³/mol. The number of nitrogens with zero attached hydrogens (tertiary/aromatic N) is 1. The maximum Gasteiger partial charge on any atom is 0.362 e. The second-order valence-corrected chi connectivity index (χ2v) is 15.2. The van der Waals surface area contributed by atoms with Crippen molar-refractivity contribution in [1.82, 2.24) is 0 Å². The van der Waals surface area contributed by atoms with Gasteiger partial charge in [0.25, 0.3) is 0 Å². The van der Waals surface area contributed by atoms with E-state index < -0.39 is 18.1 Å². The van der Waals surface area contributed by atoms with Gasteiger partial charge in [0.1, 0.15) is 6.61 Å². The molecule has 0 aromatic carbocycles. The van der Waals surface area contributed by atoms with E-state index in [-0.39, 0.29) is 42.7 Å². The number of rotatable bonds is 37. The molecule has 0 bridgehead atoms. The number of allylic oxidation sites excluding steroid dienone is 6. The van der Waals surface area contributed by atoms with Gasteiger partial charge >= 0.3 is 17.9 Å². The van der Waals surface area contributed by atoms with Gasteiger partial charge in [0.2, 0.25) is 0 Å². The van der Waals surface area contributed by atoms with Gasteiger partial charge < -0.3 is 23.8 Å². The summed E-state index contributed by atoms with van der Waals surface area (Å²) in [6, 6.07) is -0.621. The lowest BCUT2D eigenvalue weighted by Gasteiger charge is -2.31. The first-order valence-electron chi connectivity index (χ1n) is 21.0. The number of likely N-dealkylation sites (N-methyl/N-ethyl adjacent to an activating group) is 1. The lowest BCUT2D eigenvalue weighted by Crippen LogP contribution is -2.50. The average Bonchev–Trinajstić information content (AvgIpc) is 3.09. The van der Waals surface area contributed by atoms with Crippen LogP contribution in [0.25, 0.3) is 0 Å². The van der Waals surface area contributed by atoms with Gasteiger partial charge in [-0.2, -0.15) is 0 Å². The van der Waals surface area contributed by atoms with Crippen LogP contribution in [0.2, 0.25) is 0 Å². The fourth-order valence-corrected chi connectivity index (χ4v) is 6.06. The Balaban J connectivity index is 4.35. The van der Waals surface area contributed by atoms with Crippen molar-refractivity contribution in [3.63, 3.8) is 0 Å². The molecule has 2 unspecified atom stereocenters.